The highest BCUT2D eigenvalue weighted by Gasteiger charge is 2.10. The SMILES string of the molecule is Cc1c(C(=O)O)ccc2c(F)cccc12. The van der Waals surface area contributed by atoms with E-state index in [0.717, 1.165) is 0 Å². The predicted molar refractivity (Wildman–Crippen MR) is 55.6 cm³/mol. The molecule has 2 aromatic carbocycles. The minimum absolute atomic E-state index is 0.216. The Labute approximate surface area is 86.0 Å². The molecule has 0 saturated carbocycles. The summed E-state index contributed by atoms with van der Waals surface area (Å²) in [4.78, 5) is 10.9. The summed E-state index contributed by atoms with van der Waals surface area (Å²) in [5.74, 6) is -1.31. The molecule has 0 aliphatic heterocycles. The van der Waals surface area contributed by atoms with Crippen molar-refractivity contribution in [2.45, 2.75) is 6.92 Å². The first-order valence-electron chi connectivity index (χ1n) is 4.52. The van der Waals surface area contributed by atoms with E-state index in [2.05, 4.69) is 0 Å². The van der Waals surface area contributed by atoms with Crippen molar-refractivity contribution >= 4 is 16.7 Å². The lowest BCUT2D eigenvalue weighted by atomic mass is 10.00. The highest BCUT2D eigenvalue weighted by atomic mass is 19.1. The Morgan fingerprint density at radius 1 is 1.20 bits per heavy atom. The van der Waals surface area contributed by atoms with Crippen molar-refractivity contribution in [2.24, 2.45) is 0 Å². The lowest BCUT2D eigenvalue weighted by Crippen LogP contribution is -2.00. The second kappa shape index (κ2) is 3.35. The fraction of sp³-hybridized carbons (Fsp3) is 0.0833. The monoisotopic (exact) mass is 204 g/mol. The van der Waals surface area contributed by atoms with Crippen molar-refractivity contribution in [3.8, 4) is 0 Å². The van der Waals surface area contributed by atoms with Gasteiger partial charge in [-0.2, -0.15) is 0 Å². The third-order valence-electron chi connectivity index (χ3n) is 2.51. The first kappa shape index (κ1) is 9.65. The lowest BCUT2D eigenvalue weighted by Gasteiger charge is -2.06. The summed E-state index contributed by atoms with van der Waals surface area (Å²) < 4.78 is 13.4. The zero-order valence-corrected chi connectivity index (χ0v) is 8.12. The van der Waals surface area contributed by atoms with Crippen LogP contribution in [0.4, 0.5) is 4.39 Å². The predicted octanol–water partition coefficient (Wildman–Crippen LogP) is 2.99. The van der Waals surface area contributed by atoms with Gasteiger partial charge in [-0.15, -0.1) is 0 Å². The van der Waals surface area contributed by atoms with E-state index in [-0.39, 0.29) is 11.4 Å². The van der Waals surface area contributed by atoms with E-state index in [0.29, 0.717) is 16.3 Å². The van der Waals surface area contributed by atoms with Gasteiger partial charge < -0.3 is 5.11 Å². The van der Waals surface area contributed by atoms with E-state index in [4.69, 9.17) is 5.11 Å². The molecule has 0 spiro atoms. The summed E-state index contributed by atoms with van der Waals surface area (Å²) in [5.41, 5.74) is 0.813. The minimum atomic E-state index is -0.987. The number of aromatic carboxylic acids is 1. The van der Waals surface area contributed by atoms with Crippen molar-refractivity contribution in [3.05, 3.63) is 47.3 Å². The average molecular weight is 204 g/mol. The molecule has 2 aromatic rings. The third kappa shape index (κ3) is 1.46. The van der Waals surface area contributed by atoms with Crippen molar-refractivity contribution < 1.29 is 14.3 Å². The second-order valence-electron chi connectivity index (χ2n) is 3.38. The standard InChI is InChI=1S/C12H9FO2/c1-7-8-3-2-4-11(13)10(8)6-5-9(7)12(14)15/h2-6H,1H3,(H,14,15). The minimum Gasteiger partial charge on any atom is -0.478 e. The number of halogens is 1. The van der Waals surface area contributed by atoms with Gasteiger partial charge in [-0.25, -0.2) is 9.18 Å². The van der Waals surface area contributed by atoms with Gasteiger partial charge in [-0.3, -0.25) is 0 Å². The molecule has 0 radical (unpaired) electrons. The van der Waals surface area contributed by atoms with Crippen LogP contribution in [0.1, 0.15) is 15.9 Å². The lowest BCUT2D eigenvalue weighted by molar-refractivity contribution is 0.0696. The van der Waals surface area contributed by atoms with Crippen LogP contribution in [0.2, 0.25) is 0 Å². The first-order valence-corrected chi connectivity index (χ1v) is 4.52. The molecule has 0 saturated heterocycles. The Morgan fingerprint density at radius 2 is 1.93 bits per heavy atom. The van der Waals surface area contributed by atoms with Crippen LogP contribution in [-0.4, -0.2) is 11.1 Å². The van der Waals surface area contributed by atoms with Crippen LogP contribution < -0.4 is 0 Å². The molecular formula is C12H9FO2. The molecule has 0 aliphatic carbocycles. The molecule has 3 heteroatoms. The molecule has 0 unspecified atom stereocenters. The summed E-state index contributed by atoms with van der Waals surface area (Å²) in [6, 6.07) is 7.60. The highest BCUT2D eigenvalue weighted by molar-refractivity contribution is 5.97. The van der Waals surface area contributed by atoms with Crippen molar-refractivity contribution in [3.63, 3.8) is 0 Å². The van der Waals surface area contributed by atoms with Gasteiger partial charge in [0.15, 0.2) is 0 Å². The molecule has 0 aliphatic rings. The van der Waals surface area contributed by atoms with Gasteiger partial charge in [-0.05, 0) is 30.0 Å². The smallest absolute Gasteiger partial charge is 0.335 e. The van der Waals surface area contributed by atoms with Crippen molar-refractivity contribution in [1.29, 1.82) is 0 Å². The third-order valence-corrected chi connectivity index (χ3v) is 2.51. The van der Waals surface area contributed by atoms with Crippen molar-refractivity contribution in [1.82, 2.24) is 0 Å². The molecule has 0 aromatic heterocycles. The molecule has 1 N–H and O–H groups in total. The summed E-state index contributed by atoms with van der Waals surface area (Å²) in [5, 5.41) is 10.0. The Balaban J connectivity index is 2.86. The molecule has 0 bridgehead atoms. The normalized spacial score (nSPS) is 10.5. The number of rotatable bonds is 1. The molecular weight excluding hydrogens is 195 g/mol. The van der Waals surface area contributed by atoms with E-state index in [1.165, 1.54) is 18.2 Å². The molecule has 0 atom stereocenters. The number of aryl methyl sites for hydroxylation is 1. The first-order chi connectivity index (χ1) is 7.11. The summed E-state index contributed by atoms with van der Waals surface area (Å²) in [7, 11) is 0. The van der Waals surface area contributed by atoms with Gasteiger partial charge in [0, 0.05) is 5.39 Å². The van der Waals surface area contributed by atoms with Crippen LogP contribution in [0.5, 0.6) is 0 Å². The molecule has 2 nitrogen and oxygen atoms in total. The van der Waals surface area contributed by atoms with Crippen LogP contribution in [0.25, 0.3) is 10.8 Å². The molecule has 0 fully saturated rings. The zero-order valence-electron chi connectivity index (χ0n) is 8.12. The number of hydrogen-bond donors (Lipinski definition) is 1. The van der Waals surface area contributed by atoms with E-state index in [1.807, 2.05) is 0 Å². The maximum Gasteiger partial charge on any atom is 0.335 e. The fourth-order valence-electron chi connectivity index (χ4n) is 1.70. The van der Waals surface area contributed by atoms with E-state index < -0.39 is 5.97 Å². The molecule has 2 rings (SSSR count). The molecule has 76 valence electrons. The second-order valence-corrected chi connectivity index (χ2v) is 3.38. The summed E-state index contributed by atoms with van der Waals surface area (Å²) >= 11 is 0. The molecule has 0 heterocycles. The van der Waals surface area contributed by atoms with Gasteiger partial charge >= 0.3 is 5.97 Å². The van der Waals surface area contributed by atoms with Gasteiger partial charge in [0.2, 0.25) is 0 Å². The van der Waals surface area contributed by atoms with Crippen LogP contribution in [-0.2, 0) is 0 Å². The number of carbonyl (C=O) groups is 1. The van der Waals surface area contributed by atoms with Gasteiger partial charge in [0.25, 0.3) is 0 Å². The van der Waals surface area contributed by atoms with E-state index in [9.17, 15) is 9.18 Å². The highest BCUT2D eigenvalue weighted by Crippen LogP contribution is 2.23. The molecule has 0 amide bonds. The number of carboxylic acids is 1. The van der Waals surface area contributed by atoms with Crippen LogP contribution in [0.15, 0.2) is 30.3 Å². The average Bonchev–Trinajstić information content (AvgIpc) is 2.19. The summed E-state index contributed by atoms with van der Waals surface area (Å²) in [6.07, 6.45) is 0. The quantitative estimate of drug-likeness (QED) is 0.775. The van der Waals surface area contributed by atoms with Gasteiger partial charge in [0.05, 0.1) is 5.56 Å². The topological polar surface area (TPSA) is 37.3 Å². The van der Waals surface area contributed by atoms with E-state index >= 15 is 0 Å². The Kier molecular flexibility index (Phi) is 2.15. The zero-order chi connectivity index (χ0) is 11.0. The van der Waals surface area contributed by atoms with Gasteiger partial charge in [0.1, 0.15) is 5.82 Å². The number of fused-ring (bicyclic) bond motifs is 1. The fourth-order valence-corrected chi connectivity index (χ4v) is 1.70. The molecule has 15 heavy (non-hydrogen) atoms. The van der Waals surface area contributed by atoms with Crippen LogP contribution in [0.3, 0.4) is 0 Å². The Bertz CT molecular complexity index is 547. The van der Waals surface area contributed by atoms with Crippen LogP contribution in [0, 0.1) is 12.7 Å². The summed E-state index contributed by atoms with van der Waals surface area (Å²) in [6.45, 7) is 1.69. The Morgan fingerprint density at radius 3 is 2.60 bits per heavy atom. The number of benzene rings is 2. The van der Waals surface area contributed by atoms with E-state index in [1.54, 1.807) is 19.1 Å². The number of hydrogen-bond acceptors (Lipinski definition) is 1. The Hall–Kier alpha value is -1.90. The van der Waals surface area contributed by atoms with Crippen molar-refractivity contribution in [2.75, 3.05) is 0 Å². The number of carboxylic acid groups (broad SMARTS) is 1. The maximum atomic E-state index is 13.4. The van der Waals surface area contributed by atoms with Gasteiger partial charge in [-0.1, -0.05) is 18.2 Å². The maximum absolute atomic E-state index is 13.4. The largest absolute Gasteiger partial charge is 0.478 e. The van der Waals surface area contributed by atoms with Crippen LogP contribution >= 0.6 is 0 Å².